The number of anilines is 2. The van der Waals surface area contributed by atoms with Crippen LogP contribution in [0.5, 0.6) is 0 Å². The maximum atomic E-state index is 12.2. The van der Waals surface area contributed by atoms with Crippen LogP contribution in [0.15, 0.2) is 36.4 Å². The molecule has 0 aliphatic heterocycles. The van der Waals surface area contributed by atoms with E-state index in [1.165, 1.54) is 24.3 Å². The van der Waals surface area contributed by atoms with Crippen LogP contribution in [0.3, 0.4) is 0 Å². The normalized spacial score (nSPS) is 10.2. The van der Waals surface area contributed by atoms with Crippen LogP contribution in [0.2, 0.25) is 10.0 Å². The molecule has 0 aliphatic carbocycles. The number of hydrogen-bond acceptors (Lipinski definition) is 4. The van der Waals surface area contributed by atoms with E-state index in [1.807, 2.05) is 0 Å². The molecule has 21 heavy (non-hydrogen) atoms. The number of nitrogens with two attached hydrogens (primary N) is 1. The summed E-state index contributed by atoms with van der Waals surface area (Å²) in [5.41, 5.74) is 5.09. The number of carbonyl (C=O) groups excluding carboxylic acids is 1. The van der Waals surface area contributed by atoms with Gasteiger partial charge < -0.3 is 11.1 Å². The SMILES string of the molecule is Nc1cccc(C(=O)Nc2cccc(Cl)c2Cl)c1[N+](=O)[O-]. The number of nitro groups is 1. The second-order valence-electron chi connectivity index (χ2n) is 4.06. The third-order valence-electron chi connectivity index (χ3n) is 2.69. The Bertz CT molecular complexity index is 735. The molecular weight excluding hydrogens is 317 g/mol. The van der Waals surface area contributed by atoms with E-state index in [0.717, 1.165) is 0 Å². The van der Waals surface area contributed by atoms with Gasteiger partial charge in [0.25, 0.3) is 5.91 Å². The number of benzene rings is 2. The summed E-state index contributed by atoms with van der Waals surface area (Å²) in [7, 11) is 0. The molecule has 2 rings (SSSR count). The summed E-state index contributed by atoms with van der Waals surface area (Å²) in [5, 5.41) is 13.9. The van der Waals surface area contributed by atoms with Crippen molar-refractivity contribution in [2.75, 3.05) is 11.1 Å². The van der Waals surface area contributed by atoms with Crippen molar-refractivity contribution >= 4 is 46.2 Å². The fraction of sp³-hybridized carbons (Fsp3) is 0. The second kappa shape index (κ2) is 5.99. The molecule has 0 radical (unpaired) electrons. The Morgan fingerprint density at radius 1 is 1.19 bits per heavy atom. The lowest BCUT2D eigenvalue weighted by Crippen LogP contribution is -2.15. The van der Waals surface area contributed by atoms with E-state index in [-0.39, 0.29) is 27.0 Å². The number of halogens is 2. The number of para-hydroxylation sites is 1. The molecule has 8 heteroatoms. The topological polar surface area (TPSA) is 98.3 Å². The highest BCUT2D eigenvalue weighted by molar-refractivity contribution is 6.44. The van der Waals surface area contributed by atoms with Gasteiger partial charge in [-0.3, -0.25) is 14.9 Å². The highest BCUT2D eigenvalue weighted by Gasteiger charge is 2.23. The van der Waals surface area contributed by atoms with Gasteiger partial charge in [-0.1, -0.05) is 35.3 Å². The molecule has 2 aromatic carbocycles. The molecule has 0 fully saturated rings. The van der Waals surface area contributed by atoms with Crippen molar-refractivity contribution in [3.63, 3.8) is 0 Å². The largest absolute Gasteiger partial charge is 0.393 e. The molecule has 1 amide bonds. The average Bonchev–Trinajstić information content (AvgIpc) is 2.43. The third kappa shape index (κ3) is 3.07. The van der Waals surface area contributed by atoms with E-state index in [9.17, 15) is 14.9 Å². The minimum Gasteiger partial charge on any atom is -0.393 e. The van der Waals surface area contributed by atoms with Gasteiger partial charge in [0.1, 0.15) is 11.3 Å². The van der Waals surface area contributed by atoms with Crippen molar-refractivity contribution in [3.05, 3.63) is 62.1 Å². The van der Waals surface area contributed by atoms with Gasteiger partial charge >= 0.3 is 5.69 Å². The maximum absolute atomic E-state index is 12.2. The van der Waals surface area contributed by atoms with Crippen molar-refractivity contribution in [1.82, 2.24) is 0 Å². The predicted octanol–water partition coefficient (Wildman–Crippen LogP) is 3.74. The third-order valence-corrected chi connectivity index (χ3v) is 3.51. The summed E-state index contributed by atoms with van der Waals surface area (Å²) in [6.07, 6.45) is 0. The van der Waals surface area contributed by atoms with Crippen molar-refractivity contribution in [2.24, 2.45) is 0 Å². The van der Waals surface area contributed by atoms with Gasteiger partial charge in [0.15, 0.2) is 0 Å². The number of nitrogens with one attached hydrogen (secondary N) is 1. The molecule has 0 aliphatic rings. The molecule has 0 heterocycles. The minimum absolute atomic E-state index is 0.0927. The van der Waals surface area contributed by atoms with Crippen LogP contribution in [0.1, 0.15) is 10.4 Å². The second-order valence-corrected chi connectivity index (χ2v) is 4.84. The Kier molecular flexibility index (Phi) is 4.30. The fourth-order valence-corrected chi connectivity index (χ4v) is 2.09. The molecular formula is C13H9Cl2N3O3. The van der Waals surface area contributed by atoms with Gasteiger partial charge in [-0.15, -0.1) is 0 Å². The molecule has 0 atom stereocenters. The number of amides is 1. The molecule has 6 nitrogen and oxygen atoms in total. The van der Waals surface area contributed by atoms with Crippen molar-refractivity contribution < 1.29 is 9.72 Å². The lowest BCUT2D eigenvalue weighted by Gasteiger charge is -2.09. The van der Waals surface area contributed by atoms with E-state index in [0.29, 0.717) is 0 Å². The molecule has 2 aromatic rings. The van der Waals surface area contributed by atoms with E-state index >= 15 is 0 Å². The van der Waals surface area contributed by atoms with Crippen LogP contribution in [0.25, 0.3) is 0 Å². The van der Waals surface area contributed by atoms with Crippen molar-refractivity contribution in [1.29, 1.82) is 0 Å². The number of nitro benzene ring substituents is 1. The van der Waals surface area contributed by atoms with E-state index in [4.69, 9.17) is 28.9 Å². The smallest absolute Gasteiger partial charge is 0.304 e. The number of nitrogens with zero attached hydrogens (tertiary/aromatic N) is 1. The van der Waals surface area contributed by atoms with Crippen molar-refractivity contribution in [2.45, 2.75) is 0 Å². The first-order valence-electron chi connectivity index (χ1n) is 5.70. The van der Waals surface area contributed by atoms with Gasteiger partial charge in [-0.2, -0.15) is 0 Å². The highest BCUT2D eigenvalue weighted by atomic mass is 35.5. The number of carbonyl (C=O) groups is 1. The standard InChI is InChI=1S/C13H9Cl2N3O3/c14-8-4-2-6-10(11(8)15)17-13(19)7-3-1-5-9(16)12(7)18(20)21/h1-6H,16H2,(H,17,19). The van der Waals surface area contributed by atoms with Crippen LogP contribution in [0, 0.1) is 10.1 Å². The van der Waals surface area contributed by atoms with Crippen LogP contribution in [-0.2, 0) is 0 Å². The lowest BCUT2D eigenvalue weighted by molar-refractivity contribution is -0.384. The molecule has 3 N–H and O–H groups in total. The van der Waals surface area contributed by atoms with Crippen LogP contribution in [0.4, 0.5) is 17.1 Å². The Hall–Kier alpha value is -2.31. The summed E-state index contributed by atoms with van der Waals surface area (Å²) in [5.74, 6) is -0.696. The molecule has 108 valence electrons. The first-order chi connectivity index (χ1) is 9.91. The zero-order valence-electron chi connectivity index (χ0n) is 10.5. The number of rotatable bonds is 3. The minimum atomic E-state index is -0.705. The molecule has 0 spiro atoms. The van der Waals surface area contributed by atoms with Gasteiger partial charge in [-0.25, -0.2) is 0 Å². The molecule has 0 saturated carbocycles. The predicted molar refractivity (Wildman–Crippen MR) is 81.9 cm³/mol. The Morgan fingerprint density at radius 3 is 2.52 bits per heavy atom. The van der Waals surface area contributed by atoms with E-state index in [1.54, 1.807) is 12.1 Å². The number of nitrogen functional groups attached to an aromatic ring is 1. The van der Waals surface area contributed by atoms with Gasteiger partial charge in [0.2, 0.25) is 0 Å². The maximum Gasteiger partial charge on any atom is 0.304 e. The highest BCUT2D eigenvalue weighted by Crippen LogP contribution is 2.31. The van der Waals surface area contributed by atoms with Crippen LogP contribution >= 0.6 is 23.2 Å². The van der Waals surface area contributed by atoms with Crippen LogP contribution in [-0.4, -0.2) is 10.8 Å². The molecule has 0 bridgehead atoms. The summed E-state index contributed by atoms with van der Waals surface area (Å²) < 4.78 is 0. The van der Waals surface area contributed by atoms with E-state index < -0.39 is 16.5 Å². The first kappa shape index (κ1) is 15.1. The zero-order chi connectivity index (χ0) is 15.6. The Labute approximate surface area is 129 Å². The summed E-state index contributed by atoms with van der Waals surface area (Å²) in [6.45, 7) is 0. The van der Waals surface area contributed by atoms with Crippen molar-refractivity contribution in [3.8, 4) is 0 Å². The lowest BCUT2D eigenvalue weighted by atomic mass is 10.1. The monoisotopic (exact) mass is 325 g/mol. The zero-order valence-corrected chi connectivity index (χ0v) is 12.0. The Morgan fingerprint density at radius 2 is 1.86 bits per heavy atom. The van der Waals surface area contributed by atoms with Crippen LogP contribution < -0.4 is 11.1 Å². The summed E-state index contributed by atoms with van der Waals surface area (Å²) in [4.78, 5) is 22.5. The van der Waals surface area contributed by atoms with Gasteiger partial charge in [0, 0.05) is 0 Å². The Balaban J connectivity index is 2.40. The molecule has 0 saturated heterocycles. The summed E-state index contributed by atoms with van der Waals surface area (Å²) >= 11 is 11.8. The fourth-order valence-electron chi connectivity index (χ4n) is 1.74. The van der Waals surface area contributed by atoms with Gasteiger partial charge in [-0.05, 0) is 24.3 Å². The van der Waals surface area contributed by atoms with E-state index in [2.05, 4.69) is 5.32 Å². The molecule has 0 unspecified atom stereocenters. The molecule has 0 aromatic heterocycles. The number of hydrogen-bond donors (Lipinski definition) is 2. The van der Waals surface area contributed by atoms with Gasteiger partial charge in [0.05, 0.1) is 20.7 Å². The summed E-state index contributed by atoms with van der Waals surface area (Å²) in [6, 6.07) is 8.80. The average molecular weight is 326 g/mol. The first-order valence-corrected chi connectivity index (χ1v) is 6.45. The quantitative estimate of drug-likeness (QED) is 0.510.